The molecule has 0 atom stereocenters. The van der Waals surface area contributed by atoms with Crippen molar-refractivity contribution in [1.82, 2.24) is 0 Å². The number of hydrogen-bond acceptors (Lipinski definition) is 5. The predicted molar refractivity (Wildman–Crippen MR) is 101 cm³/mol. The zero-order chi connectivity index (χ0) is 19.9. The van der Waals surface area contributed by atoms with Gasteiger partial charge in [-0.15, -0.1) is 0 Å². The molecular formula is C21H30O6. The number of aryl methyl sites for hydroxylation is 1. The number of carbonyl (C=O) groups is 3. The number of benzene rings is 1. The van der Waals surface area contributed by atoms with Crippen molar-refractivity contribution in [1.29, 1.82) is 0 Å². The van der Waals surface area contributed by atoms with Crippen molar-refractivity contribution in [3.8, 4) is 0 Å². The number of aliphatic carboxylic acids is 1. The highest BCUT2D eigenvalue weighted by Gasteiger charge is 2.14. The van der Waals surface area contributed by atoms with E-state index in [1.807, 2.05) is 24.3 Å². The predicted octanol–water partition coefficient (Wildman–Crippen LogP) is 5.02. The van der Waals surface area contributed by atoms with Crippen molar-refractivity contribution in [3.05, 3.63) is 35.4 Å². The lowest BCUT2D eigenvalue weighted by atomic mass is 10.0. The molecular weight excluding hydrogens is 348 g/mol. The lowest BCUT2D eigenvalue weighted by molar-refractivity contribution is -0.145. The Morgan fingerprint density at radius 2 is 1.52 bits per heavy atom. The Bertz CT molecular complexity index is 596. The fraction of sp³-hybridized carbons (Fsp3) is 0.571. The molecule has 0 aliphatic heterocycles. The van der Waals surface area contributed by atoms with Gasteiger partial charge in [0.2, 0.25) is 0 Å². The highest BCUT2D eigenvalue weighted by molar-refractivity contribution is 5.84. The second-order valence-electron chi connectivity index (χ2n) is 6.55. The van der Waals surface area contributed by atoms with Gasteiger partial charge in [-0.2, -0.15) is 0 Å². The summed E-state index contributed by atoms with van der Waals surface area (Å²) in [6.45, 7) is 2.23. The van der Waals surface area contributed by atoms with E-state index in [1.165, 1.54) is 38.5 Å². The summed E-state index contributed by atoms with van der Waals surface area (Å²) >= 11 is 0. The molecule has 27 heavy (non-hydrogen) atoms. The fourth-order valence-electron chi connectivity index (χ4n) is 2.73. The molecule has 1 N–H and O–H groups in total. The molecule has 1 aromatic carbocycles. The number of carbonyl (C=O) groups excluding carboxylic acids is 2. The number of esters is 1. The third kappa shape index (κ3) is 11.1. The van der Waals surface area contributed by atoms with Crippen LogP contribution in [-0.4, -0.2) is 23.2 Å². The van der Waals surface area contributed by atoms with Crippen LogP contribution in [0.4, 0.5) is 4.79 Å². The third-order valence-electron chi connectivity index (χ3n) is 4.25. The first kappa shape index (κ1) is 22.7. The van der Waals surface area contributed by atoms with E-state index in [1.54, 1.807) is 0 Å². The van der Waals surface area contributed by atoms with E-state index in [9.17, 15) is 14.4 Å². The molecule has 0 fully saturated rings. The van der Waals surface area contributed by atoms with Crippen LogP contribution in [0.3, 0.4) is 0 Å². The third-order valence-corrected chi connectivity index (χ3v) is 4.25. The maximum Gasteiger partial charge on any atom is 0.516 e. The summed E-state index contributed by atoms with van der Waals surface area (Å²) in [7, 11) is 0. The topological polar surface area (TPSA) is 89.9 Å². The summed E-state index contributed by atoms with van der Waals surface area (Å²) in [6, 6.07) is 7.72. The maximum atomic E-state index is 11.6. The van der Waals surface area contributed by atoms with Gasteiger partial charge in [0.25, 0.3) is 0 Å². The van der Waals surface area contributed by atoms with E-state index in [4.69, 9.17) is 9.84 Å². The minimum absolute atomic E-state index is 0.0255. The largest absolute Gasteiger partial charge is 0.516 e. The van der Waals surface area contributed by atoms with Gasteiger partial charge in [0.1, 0.15) is 6.61 Å². The summed E-state index contributed by atoms with van der Waals surface area (Å²) in [5, 5.41) is 8.50. The van der Waals surface area contributed by atoms with Crippen molar-refractivity contribution in [2.24, 2.45) is 0 Å². The number of rotatable bonds is 13. The highest BCUT2D eigenvalue weighted by atomic mass is 16.7. The molecule has 0 saturated heterocycles. The van der Waals surface area contributed by atoms with E-state index in [0.29, 0.717) is 0 Å². The van der Waals surface area contributed by atoms with Gasteiger partial charge < -0.3 is 14.6 Å². The zero-order valence-electron chi connectivity index (χ0n) is 16.1. The zero-order valence-corrected chi connectivity index (χ0v) is 16.1. The lowest BCUT2D eigenvalue weighted by Crippen LogP contribution is -2.15. The summed E-state index contributed by atoms with van der Waals surface area (Å²) in [5.41, 5.74) is 2.01. The minimum Gasteiger partial charge on any atom is -0.481 e. The van der Waals surface area contributed by atoms with E-state index >= 15 is 0 Å². The van der Waals surface area contributed by atoms with E-state index in [2.05, 4.69) is 11.7 Å². The van der Waals surface area contributed by atoms with Crippen LogP contribution >= 0.6 is 0 Å². The number of unbranched alkanes of at least 4 members (excludes halogenated alkanes) is 6. The molecule has 0 radical (unpaired) electrons. The van der Waals surface area contributed by atoms with E-state index < -0.39 is 18.1 Å². The average molecular weight is 378 g/mol. The second kappa shape index (κ2) is 13.8. The monoisotopic (exact) mass is 378 g/mol. The van der Waals surface area contributed by atoms with Gasteiger partial charge >= 0.3 is 18.1 Å². The second-order valence-corrected chi connectivity index (χ2v) is 6.55. The Labute approximate surface area is 160 Å². The molecule has 150 valence electrons. The molecule has 0 bridgehead atoms. The van der Waals surface area contributed by atoms with E-state index in [0.717, 1.165) is 24.0 Å². The van der Waals surface area contributed by atoms with Crippen LogP contribution < -0.4 is 0 Å². The number of carboxylic acids is 1. The first-order valence-electron chi connectivity index (χ1n) is 9.69. The molecule has 0 aliphatic carbocycles. The SMILES string of the molecule is CCCCCCCCCc1ccccc1COC(=O)OC(=O)CCC(=O)O. The van der Waals surface area contributed by atoms with Gasteiger partial charge in [-0.05, 0) is 24.0 Å². The van der Waals surface area contributed by atoms with Gasteiger partial charge in [-0.3, -0.25) is 9.59 Å². The number of hydrogen-bond donors (Lipinski definition) is 1. The van der Waals surface area contributed by atoms with Gasteiger partial charge in [-0.1, -0.05) is 69.7 Å². The normalized spacial score (nSPS) is 10.4. The van der Waals surface area contributed by atoms with Crippen LogP contribution in [0.15, 0.2) is 24.3 Å². The van der Waals surface area contributed by atoms with Gasteiger partial charge in [0.15, 0.2) is 0 Å². The molecule has 0 aromatic heterocycles. The van der Waals surface area contributed by atoms with Gasteiger partial charge in [-0.25, -0.2) is 4.79 Å². The molecule has 6 heteroatoms. The molecule has 0 saturated carbocycles. The summed E-state index contributed by atoms with van der Waals surface area (Å²) in [6.07, 6.45) is 7.71. The van der Waals surface area contributed by atoms with Crippen LogP contribution in [0.1, 0.15) is 75.8 Å². The first-order valence-corrected chi connectivity index (χ1v) is 9.69. The Morgan fingerprint density at radius 3 is 2.19 bits per heavy atom. The van der Waals surface area contributed by atoms with Crippen molar-refractivity contribution in [2.45, 2.75) is 77.7 Å². The van der Waals surface area contributed by atoms with Crippen LogP contribution in [-0.2, 0) is 32.1 Å². The Hall–Kier alpha value is -2.37. The van der Waals surface area contributed by atoms with Crippen molar-refractivity contribution in [3.63, 3.8) is 0 Å². The van der Waals surface area contributed by atoms with E-state index in [-0.39, 0.29) is 19.4 Å². The Kier molecular flexibility index (Phi) is 11.6. The molecule has 0 amide bonds. The van der Waals surface area contributed by atoms with Crippen LogP contribution in [0, 0.1) is 0 Å². The smallest absolute Gasteiger partial charge is 0.481 e. The Balaban J connectivity index is 2.33. The average Bonchev–Trinajstić information content (AvgIpc) is 2.64. The molecule has 6 nitrogen and oxygen atoms in total. The van der Waals surface area contributed by atoms with Crippen molar-refractivity contribution < 1.29 is 29.0 Å². The van der Waals surface area contributed by atoms with Crippen LogP contribution in [0.2, 0.25) is 0 Å². The van der Waals surface area contributed by atoms with Crippen LogP contribution in [0.25, 0.3) is 0 Å². The Morgan fingerprint density at radius 1 is 0.889 bits per heavy atom. The molecule has 1 aromatic rings. The lowest BCUT2D eigenvalue weighted by Gasteiger charge is -2.10. The van der Waals surface area contributed by atoms with Gasteiger partial charge in [0.05, 0.1) is 12.8 Å². The summed E-state index contributed by atoms with van der Waals surface area (Å²) in [4.78, 5) is 33.3. The molecule has 0 spiro atoms. The number of carboxylic acid groups (broad SMARTS) is 1. The van der Waals surface area contributed by atoms with Crippen LogP contribution in [0.5, 0.6) is 0 Å². The van der Waals surface area contributed by atoms with Crippen molar-refractivity contribution >= 4 is 18.1 Å². The van der Waals surface area contributed by atoms with Gasteiger partial charge in [0, 0.05) is 0 Å². The molecule has 0 heterocycles. The maximum absolute atomic E-state index is 11.6. The molecule has 0 unspecified atom stereocenters. The molecule has 0 aliphatic rings. The standard InChI is InChI=1S/C21H30O6/c1-2-3-4-5-6-7-8-11-17-12-9-10-13-18(17)16-26-21(25)27-20(24)15-14-19(22)23/h9-10,12-13H,2-8,11,14-16H2,1H3,(H,22,23). The highest BCUT2D eigenvalue weighted by Crippen LogP contribution is 2.15. The number of ether oxygens (including phenoxy) is 2. The van der Waals surface area contributed by atoms with Crippen molar-refractivity contribution in [2.75, 3.05) is 0 Å². The summed E-state index contributed by atoms with van der Waals surface area (Å²) in [5.74, 6) is -2.03. The summed E-state index contributed by atoms with van der Waals surface area (Å²) < 4.78 is 9.43. The quantitative estimate of drug-likeness (QED) is 0.294. The fourth-order valence-corrected chi connectivity index (χ4v) is 2.73. The minimum atomic E-state index is -1.13. The molecule has 1 rings (SSSR count). The first-order chi connectivity index (χ1) is 13.0.